The minimum absolute atomic E-state index is 0. The van der Waals surface area contributed by atoms with Crippen LogP contribution in [0.15, 0.2) is 26.9 Å². The van der Waals surface area contributed by atoms with Crippen molar-refractivity contribution < 1.29 is 4.42 Å². The molecule has 0 spiro atoms. The first-order valence-electron chi connectivity index (χ1n) is 6.14. The zero-order valence-electron chi connectivity index (χ0n) is 11.5. The van der Waals surface area contributed by atoms with Crippen LogP contribution in [0.5, 0.6) is 0 Å². The summed E-state index contributed by atoms with van der Waals surface area (Å²) in [6.07, 6.45) is 0.950. The minimum Gasteiger partial charge on any atom is -0.444 e. The summed E-state index contributed by atoms with van der Waals surface area (Å²) in [5.41, 5.74) is 6.68. The Labute approximate surface area is 139 Å². The molecule has 3 N–H and O–H groups in total. The van der Waals surface area contributed by atoms with Gasteiger partial charge in [-0.15, -0.1) is 35.3 Å². The summed E-state index contributed by atoms with van der Waals surface area (Å²) >= 11 is 1.74. The van der Waals surface area contributed by atoms with E-state index < -0.39 is 0 Å². The van der Waals surface area contributed by atoms with E-state index in [0.717, 1.165) is 24.4 Å². The van der Waals surface area contributed by atoms with Crippen LogP contribution in [0.4, 0.5) is 0 Å². The zero-order chi connectivity index (χ0) is 13.7. The Morgan fingerprint density at radius 2 is 2.30 bits per heavy atom. The summed E-state index contributed by atoms with van der Waals surface area (Å²) in [6, 6.07) is 4.16. The zero-order valence-corrected chi connectivity index (χ0v) is 14.7. The molecule has 5 nitrogen and oxygen atoms in total. The third kappa shape index (κ3) is 5.12. The number of aryl methyl sites for hydroxylation is 2. The molecule has 0 amide bonds. The minimum atomic E-state index is 0. The molecule has 0 saturated carbocycles. The Morgan fingerprint density at radius 1 is 1.50 bits per heavy atom. The quantitative estimate of drug-likeness (QED) is 0.455. The number of aromatic nitrogens is 1. The van der Waals surface area contributed by atoms with Crippen LogP contribution in [-0.2, 0) is 13.0 Å². The molecule has 2 aromatic heterocycles. The Kier molecular flexibility index (Phi) is 7.00. The molecule has 0 aromatic carbocycles. The van der Waals surface area contributed by atoms with E-state index in [1.165, 1.54) is 4.88 Å². The highest BCUT2D eigenvalue weighted by atomic mass is 127. The van der Waals surface area contributed by atoms with Crippen LogP contribution in [0.3, 0.4) is 0 Å². The molecule has 0 radical (unpaired) electrons. The molecule has 0 aliphatic carbocycles. The number of nitrogens with two attached hydrogens (primary N) is 1. The first kappa shape index (κ1) is 17.0. The number of guanidine groups is 1. The third-order valence-corrected chi connectivity index (χ3v) is 3.65. The fourth-order valence-electron chi connectivity index (χ4n) is 1.58. The predicted molar refractivity (Wildman–Crippen MR) is 92.7 cm³/mol. The van der Waals surface area contributed by atoms with E-state index in [4.69, 9.17) is 10.2 Å². The highest BCUT2D eigenvalue weighted by Gasteiger charge is 2.04. The maximum absolute atomic E-state index is 5.78. The number of thiophene rings is 1. The van der Waals surface area contributed by atoms with Crippen molar-refractivity contribution in [3.8, 4) is 0 Å². The van der Waals surface area contributed by atoms with E-state index in [9.17, 15) is 0 Å². The van der Waals surface area contributed by atoms with Gasteiger partial charge in [-0.2, -0.15) is 0 Å². The smallest absolute Gasteiger partial charge is 0.216 e. The Balaban J connectivity index is 0.00000200. The molecule has 0 fully saturated rings. The number of halogens is 1. The van der Waals surface area contributed by atoms with Crippen molar-refractivity contribution in [3.05, 3.63) is 39.7 Å². The molecule has 20 heavy (non-hydrogen) atoms. The van der Waals surface area contributed by atoms with Crippen LogP contribution >= 0.6 is 35.3 Å². The highest BCUT2D eigenvalue weighted by molar-refractivity contribution is 14.0. The van der Waals surface area contributed by atoms with Gasteiger partial charge in [-0.1, -0.05) is 6.07 Å². The normalized spacial score (nSPS) is 11.2. The molecule has 0 unspecified atom stereocenters. The number of nitrogens with one attached hydrogen (secondary N) is 1. The SMILES string of the molecule is Cc1nc(CN=C(N)NCCc2cccs2)oc1C.I. The van der Waals surface area contributed by atoms with Gasteiger partial charge >= 0.3 is 0 Å². The van der Waals surface area contributed by atoms with Gasteiger partial charge in [0.2, 0.25) is 5.89 Å². The van der Waals surface area contributed by atoms with Crippen molar-refractivity contribution >= 4 is 41.3 Å². The number of hydrogen-bond acceptors (Lipinski definition) is 4. The van der Waals surface area contributed by atoms with Crippen LogP contribution in [0, 0.1) is 13.8 Å². The van der Waals surface area contributed by atoms with E-state index in [1.54, 1.807) is 11.3 Å². The van der Waals surface area contributed by atoms with Crippen LogP contribution in [-0.4, -0.2) is 17.5 Å². The van der Waals surface area contributed by atoms with Gasteiger partial charge < -0.3 is 15.5 Å². The predicted octanol–water partition coefficient (Wildman–Crippen LogP) is 2.62. The lowest BCUT2D eigenvalue weighted by molar-refractivity contribution is 0.473. The molecule has 0 aliphatic rings. The fraction of sp³-hybridized carbons (Fsp3) is 0.385. The number of hydrogen-bond donors (Lipinski definition) is 2. The number of oxazole rings is 1. The lowest BCUT2D eigenvalue weighted by Gasteiger charge is -2.03. The van der Waals surface area contributed by atoms with Crippen molar-refractivity contribution in [2.45, 2.75) is 26.8 Å². The van der Waals surface area contributed by atoms with Crippen molar-refractivity contribution in [1.29, 1.82) is 0 Å². The monoisotopic (exact) mass is 406 g/mol. The fourth-order valence-corrected chi connectivity index (χ4v) is 2.29. The van der Waals surface area contributed by atoms with Gasteiger partial charge in [-0.3, -0.25) is 0 Å². The van der Waals surface area contributed by atoms with E-state index in [0.29, 0.717) is 18.4 Å². The molecular formula is C13H19IN4OS. The van der Waals surface area contributed by atoms with Gasteiger partial charge in [0.15, 0.2) is 5.96 Å². The second kappa shape index (κ2) is 8.25. The van der Waals surface area contributed by atoms with Crippen molar-refractivity contribution in [2.75, 3.05) is 6.54 Å². The number of nitrogens with zero attached hydrogens (tertiary/aromatic N) is 2. The molecule has 0 aliphatic heterocycles. The summed E-state index contributed by atoms with van der Waals surface area (Å²) in [4.78, 5) is 9.78. The van der Waals surface area contributed by atoms with Crippen molar-refractivity contribution in [1.82, 2.24) is 10.3 Å². The molecule has 2 aromatic rings. The maximum atomic E-state index is 5.78. The largest absolute Gasteiger partial charge is 0.444 e. The standard InChI is InChI=1S/C13H18N4OS.HI/c1-9-10(2)18-12(17-9)8-16-13(14)15-6-5-11-4-3-7-19-11;/h3-4,7H,5-6,8H2,1-2H3,(H3,14,15,16);1H. The molecule has 2 heterocycles. The lowest BCUT2D eigenvalue weighted by atomic mass is 10.3. The molecule has 7 heteroatoms. The third-order valence-electron chi connectivity index (χ3n) is 2.72. The van der Waals surface area contributed by atoms with Gasteiger partial charge in [-0.25, -0.2) is 9.98 Å². The average molecular weight is 406 g/mol. The second-order valence-corrected chi connectivity index (χ2v) is 5.24. The van der Waals surface area contributed by atoms with E-state index in [2.05, 4.69) is 26.7 Å². The van der Waals surface area contributed by atoms with Crippen molar-refractivity contribution in [2.24, 2.45) is 10.7 Å². The van der Waals surface area contributed by atoms with Crippen LogP contribution < -0.4 is 11.1 Å². The molecule has 110 valence electrons. The van der Waals surface area contributed by atoms with Crippen LogP contribution in [0.2, 0.25) is 0 Å². The van der Waals surface area contributed by atoms with Crippen molar-refractivity contribution in [3.63, 3.8) is 0 Å². The summed E-state index contributed by atoms with van der Waals surface area (Å²) in [5.74, 6) is 1.84. The Bertz CT molecular complexity index is 531. The summed E-state index contributed by atoms with van der Waals surface area (Å²) in [5, 5.41) is 5.15. The molecule has 2 rings (SSSR count). The summed E-state index contributed by atoms with van der Waals surface area (Å²) in [6.45, 7) is 4.94. The molecular weight excluding hydrogens is 387 g/mol. The molecule has 0 saturated heterocycles. The maximum Gasteiger partial charge on any atom is 0.216 e. The van der Waals surface area contributed by atoms with Gasteiger partial charge in [0.1, 0.15) is 12.3 Å². The summed E-state index contributed by atoms with van der Waals surface area (Å²) in [7, 11) is 0. The van der Waals surface area contributed by atoms with E-state index >= 15 is 0 Å². The Hall–Kier alpha value is -1.09. The van der Waals surface area contributed by atoms with Crippen LogP contribution in [0.1, 0.15) is 22.2 Å². The highest BCUT2D eigenvalue weighted by Crippen LogP contribution is 2.09. The van der Waals surface area contributed by atoms with Gasteiger partial charge in [0.25, 0.3) is 0 Å². The molecule has 0 bridgehead atoms. The first-order chi connectivity index (χ1) is 9.15. The number of aliphatic imine (C=N–C) groups is 1. The Morgan fingerprint density at radius 3 is 2.90 bits per heavy atom. The topological polar surface area (TPSA) is 76.4 Å². The second-order valence-electron chi connectivity index (χ2n) is 4.21. The van der Waals surface area contributed by atoms with Gasteiger partial charge in [-0.05, 0) is 31.7 Å². The van der Waals surface area contributed by atoms with Crippen LogP contribution in [0.25, 0.3) is 0 Å². The van der Waals surface area contributed by atoms with Gasteiger partial charge in [0, 0.05) is 11.4 Å². The first-order valence-corrected chi connectivity index (χ1v) is 7.02. The average Bonchev–Trinajstić information content (AvgIpc) is 2.98. The molecule has 0 atom stereocenters. The van der Waals surface area contributed by atoms with E-state index in [-0.39, 0.29) is 24.0 Å². The van der Waals surface area contributed by atoms with E-state index in [1.807, 2.05) is 19.9 Å². The summed E-state index contributed by atoms with van der Waals surface area (Å²) < 4.78 is 5.43. The number of rotatable bonds is 5. The lowest BCUT2D eigenvalue weighted by Crippen LogP contribution is -2.33. The van der Waals surface area contributed by atoms with Gasteiger partial charge in [0.05, 0.1) is 5.69 Å².